The number of halogens is 1. The van der Waals surface area contributed by atoms with Crippen molar-refractivity contribution >= 4 is 23.4 Å². The van der Waals surface area contributed by atoms with E-state index in [1.165, 1.54) is 11.5 Å². The second kappa shape index (κ2) is 6.22. The van der Waals surface area contributed by atoms with Gasteiger partial charge in [-0.25, -0.2) is 0 Å². The maximum absolute atomic E-state index is 6.45. The molecule has 0 amide bonds. The van der Waals surface area contributed by atoms with Gasteiger partial charge in [0.2, 0.25) is 0 Å². The summed E-state index contributed by atoms with van der Waals surface area (Å²) in [5.41, 5.74) is 7.35. The molecule has 110 valence electrons. The van der Waals surface area contributed by atoms with E-state index >= 15 is 0 Å². The highest BCUT2D eigenvalue weighted by Crippen LogP contribution is 2.43. The zero-order valence-corrected chi connectivity index (χ0v) is 13.1. The summed E-state index contributed by atoms with van der Waals surface area (Å²) in [5, 5.41) is 0.680. The molecule has 2 N–H and O–H groups in total. The van der Waals surface area contributed by atoms with E-state index in [1.807, 2.05) is 23.9 Å². The molecule has 3 nitrogen and oxygen atoms in total. The van der Waals surface area contributed by atoms with Gasteiger partial charge in [0.15, 0.2) is 0 Å². The second-order valence-electron chi connectivity index (χ2n) is 5.79. The molecular formula is C15H21ClN2OS. The van der Waals surface area contributed by atoms with Crippen LogP contribution in [0.5, 0.6) is 0 Å². The number of nitrogens with zero attached hydrogens (tertiary/aromatic N) is 1. The molecule has 3 heterocycles. The van der Waals surface area contributed by atoms with Crippen LogP contribution in [-0.2, 0) is 4.74 Å². The molecule has 1 spiro atoms. The van der Waals surface area contributed by atoms with E-state index in [1.54, 1.807) is 6.20 Å². The standard InChI is InChI=1S/C15H21ClN2OS/c16-12-2-1-6-18-14(12)13(17)11-3-7-19-15(10-11)4-8-20-9-5-15/h1-2,6,11,13H,3-5,7-10,17H2. The van der Waals surface area contributed by atoms with Crippen LogP contribution in [0.3, 0.4) is 0 Å². The molecule has 1 aromatic rings. The summed E-state index contributed by atoms with van der Waals surface area (Å²) >= 11 is 8.26. The first-order valence-electron chi connectivity index (χ1n) is 7.28. The van der Waals surface area contributed by atoms with Gasteiger partial charge in [0, 0.05) is 12.8 Å². The van der Waals surface area contributed by atoms with Crippen LogP contribution in [-0.4, -0.2) is 28.7 Å². The quantitative estimate of drug-likeness (QED) is 0.909. The molecule has 2 fully saturated rings. The van der Waals surface area contributed by atoms with Crippen molar-refractivity contribution in [2.24, 2.45) is 11.7 Å². The van der Waals surface area contributed by atoms with Gasteiger partial charge in [-0.05, 0) is 55.2 Å². The van der Waals surface area contributed by atoms with Crippen molar-refractivity contribution in [1.82, 2.24) is 4.98 Å². The summed E-state index contributed by atoms with van der Waals surface area (Å²) in [6, 6.07) is 3.64. The van der Waals surface area contributed by atoms with Crippen LogP contribution in [0.15, 0.2) is 18.3 Å². The normalized spacial score (nSPS) is 27.4. The lowest BCUT2D eigenvalue weighted by Crippen LogP contribution is -2.45. The fraction of sp³-hybridized carbons (Fsp3) is 0.667. The van der Waals surface area contributed by atoms with Crippen LogP contribution in [0.1, 0.15) is 37.4 Å². The number of hydrogen-bond acceptors (Lipinski definition) is 4. The minimum absolute atomic E-state index is 0.0625. The molecule has 0 saturated carbocycles. The summed E-state index contributed by atoms with van der Waals surface area (Å²) in [5.74, 6) is 2.82. The van der Waals surface area contributed by atoms with Crippen molar-refractivity contribution in [1.29, 1.82) is 0 Å². The van der Waals surface area contributed by atoms with Gasteiger partial charge in [0.05, 0.1) is 22.4 Å². The van der Waals surface area contributed by atoms with Crippen molar-refractivity contribution in [3.63, 3.8) is 0 Å². The molecule has 0 bridgehead atoms. The maximum Gasteiger partial charge on any atom is 0.0759 e. The molecule has 1 aromatic heterocycles. The number of aromatic nitrogens is 1. The Bertz CT molecular complexity index is 459. The molecule has 0 radical (unpaired) electrons. The Labute approximate surface area is 129 Å². The number of nitrogens with two attached hydrogens (primary N) is 1. The summed E-state index contributed by atoms with van der Waals surface area (Å²) in [6.45, 7) is 0.813. The van der Waals surface area contributed by atoms with Gasteiger partial charge >= 0.3 is 0 Å². The Morgan fingerprint density at radius 2 is 2.25 bits per heavy atom. The van der Waals surface area contributed by atoms with E-state index in [4.69, 9.17) is 22.1 Å². The van der Waals surface area contributed by atoms with Crippen molar-refractivity contribution in [3.05, 3.63) is 29.0 Å². The molecule has 5 heteroatoms. The summed E-state index contributed by atoms with van der Waals surface area (Å²) in [7, 11) is 0. The molecular weight excluding hydrogens is 292 g/mol. The summed E-state index contributed by atoms with van der Waals surface area (Å²) in [6.07, 6.45) is 6.12. The Hall–Kier alpha value is -0.290. The Morgan fingerprint density at radius 1 is 1.45 bits per heavy atom. The van der Waals surface area contributed by atoms with Crippen LogP contribution in [0, 0.1) is 5.92 Å². The number of rotatable bonds is 2. The fourth-order valence-corrected chi connectivity index (χ4v) is 4.81. The molecule has 20 heavy (non-hydrogen) atoms. The monoisotopic (exact) mass is 312 g/mol. The maximum atomic E-state index is 6.45. The number of ether oxygens (including phenoxy) is 1. The van der Waals surface area contributed by atoms with Crippen molar-refractivity contribution < 1.29 is 4.74 Å². The molecule has 2 saturated heterocycles. The Morgan fingerprint density at radius 3 is 3.00 bits per heavy atom. The third-order valence-electron chi connectivity index (χ3n) is 4.55. The Kier molecular flexibility index (Phi) is 4.55. The topological polar surface area (TPSA) is 48.1 Å². The van der Waals surface area contributed by atoms with E-state index in [0.29, 0.717) is 10.9 Å². The number of thioether (sulfide) groups is 1. The second-order valence-corrected chi connectivity index (χ2v) is 7.42. The SMILES string of the molecule is NC(c1ncccc1Cl)C1CCOC2(CCSCC2)C1. The molecule has 0 aliphatic carbocycles. The molecule has 2 atom stereocenters. The lowest BCUT2D eigenvalue weighted by atomic mass is 9.78. The highest BCUT2D eigenvalue weighted by molar-refractivity contribution is 7.99. The van der Waals surface area contributed by atoms with Gasteiger partial charge in [-0.1, -0.05) is 11.6 Å². The van der Waals surface area contributed by atoms with Crippen LogP contribution in [0.25, 0.3) is 0 Å². The Balaban J connectivity index is 1.75. The average molecular weight is 313 g/mol. The molecule has 0 aromatic carbocycles. The minimum atomic E-state index is -0.0842. The van der Waals surface area contributed by atoms with Crippen LogP contribution in [0.4, 0.5) is 0 Å². The third-order valence-corrected chi connectivity index (χ3v) is 5.85. The van der Waals surface area contributed by atoms with Gasteiger partial charge in [-0.3, -0.25) is 4.98 Å². The van der Waals surface area contributed by atoms with Crippen molar-refractivity contribution in [2.75, 3.05) is 18.1 Å². The zero-order chi connectivity index (χ0) is 14.0. The number of pyridine rings is 1. The molecule has 2 aliphatic heterocycles. The molecule has 3 rings (SSSR count). The van der Waals surface area contributed by atoms with E-state index < -0.39 is 0 Å². The molecule has 2 aliphatic rings. The summed E-state index contributed by atoms with van der Waals surface area (Å²) in [4.78, 5) is 4.39. The average Bonchev–Trinajstić information content (AvgIpc) is 2.48. The molecule has 2 unspecified atom stereocenters. The largest absolute Gasteiger partial charge is 0.375 e. The predicted octanol–water partition coefficient (Wildman–Crippen LogP) is 3.43. The fourth-order valence-electron chi connectivity index (χ4n) is 3.33. The van der Waals surface area contributed by atoms with Crippen LogP contribution in [0.2, 0.25) is 5.02 Å². The van der Waals surface area contributed by atoms with Crippen molar-refractivity contribution in [2.45, 2.75) is 37.3 Å². The smallest absolute Gasteiger partial charge is 0.0759 e. The highest BCUT2D eigenvalue weighted by Gasteiger charge is 2.41. The van der Waals surface area contributed by atoms with Gasteiger partial charge in [-0.2, -0.15) is 11.8 Å². The summed E-state index contributed by atoms with van der Waals surface area (Å²) < 4.78 is 6.13. The van der Waals surface area contributed by atoms with Gasteiger partial charge < -0.3 is 10.5 Å². The number of hydrogen-bond donors (Lipinski definition) is 1. The minimum Gasteiger partial charge on any atom is -0.375 e. The predicted molar refractivity (Wildman–Crippen MR) is 84.1 cm³/mol. The first-order chi connectivity index (χ1) is 9.70. The first kappa shape index (κ1) is 14.6. The van der Waals surface area contributed by atoms with Crippen LogP contribution < -0.4 is 5.73 Å². The van der Waals surface area contributed by atoms with E-state index in [-0.39, 0.29) is 11.6 Å². The van der Waals surface area contributed by atoms with Gasteiger partial charge in [-0.15, -0.1) is 0 Å². The van der Waals surface area contributed by atoms with Crippen molar-refractivity contribution in [3.8, 4) is 0 Å². The lowest BCUT2D eigenvalue weighted by Gasteiger charge is -2.44. The highest BCUT2D eigenvalue weighted by atomic mass is 35.5. The first-order valence-corrected chi connectivity index (χ1v) is 8.81. The van der Waals surface area contributed by atoms with Crippen LogP contribution >= 0.6 is 23.4 Å². The lowest BCUT2D eigenvalue weighted by molar-refractivity contribution is -0.106. The zero-order valence-electron chi connectivity index (χ0n) is 11.6. The van der Waals surface area contributed by atoms with Gasteiger partial charge in [0.25, 0.3) is 0 Å². The van der Waals surface area contributed by atoms with E-state index in [0.717, 1.165) is 38.0 Å². The van der Waals surface area contributed by atoms with E-state index in [9.17, 15) is 0 Å². The van der Waals surface area contributed by atoms with E-state index in [2.05, 4.69) is 4.98 Å². The third kappa shape index (κ3) is 2.98. The van der Waals surface area contributed by atoms with Gasteiger partial charge in [0.1, 0.15) is 0 Å².